The second-order valence-corrected chi connectivity index (χ2v) is 7.97. The summed E-state index contributed by atoms with van der Waals surface area (Å²) in [5.74, 6) is 1.61. The zero-order valence-corrected chi connectivity index (χ0v) is 17.7. The molecule has 0 spiro atoms. The Balaban J connectivity index is 1.37. The maximum Gasteiger partial charge on any atom is 0.241 e. The number of anilines is 1. The van der Waals surface area contributed by atoms with Gasteiger partial charge in [0.1, 0.15) is 11.3 Å². The van der Waals surface area contributed by atoms with Gasteiger partial charge in [0, 0.05) is 31.5 Å². The third-order valence-corrected chi connectivity index (χ3v) is 6.04. The molecule has 1 aliphatic carbocycles. The van der Waals surface area contributed by atoms with Crippen LogP contribution in [0.1, 0.15) is 38.4 Å². The quantitative estimate of drug-likeness (QED) is 0.545. The molecule has 4 heterocycles. The molecule has 5 rings (SSSR count). The van der Waals surface area contributed by atoms with Crippen LogP contribution in [0, 0.1) is 6.92 Å². The number of ether oxygens (including phenoxy) is 1. The van der Waals surface area contributed by atoms with Gasteiger partial charge in [-0.05, 0) is 57.7 Å². The van der Waals surface area contributed by atoms with Crippen molar-refractivity contribution in [2.24, 2.45) is 7.05 Å². The molecule has 0 amide bonds. The Kier molecular flexibility index (Phi) is 4.86. The Morgan fingerprint density at radius 1 is 1.13 bits per heavy atom. The lowest BCUT2D eigenvalue weighted by Gasteiger charge is -2.28. The molecule has 30 heavy (non-hydrogen) atoms. The van der Waals surface area contributed by atoms with E-state index in [1.807, 2.05) is 53.6 Å². The number of fused-ring (bicyclic) bond motifs is 2. The van der Waals surface area contributed by atoms with Crippen molar-refractivity contribution in [1.29, 1.82) is 0 Å². The number of hydrogen-bond acceptors (Lipinski definition) is 6. The lowest BCUT2D eigenvalue weighted by molar-refractivity contribution is 0.0346. The Labute approximate surface area is 175 Å². The monoisotopic (exact) mass is 405 g/mol. The lowest BCUT2D eigenvalue weighted by Crippen LogP contribution is -2.30. The highest BCUT2D eigenvalue weighted by Gasteiger charge is 2.22. The van der Waals surface area contributed by atoms with E-state index < -0.39 is 0 Å². The van der Waals surface area contributed by atoms with Gasteiger partial charge in [-0.1, -0.05) is 0 Å². The third-order valence-electron chi connectivity index (χ3n) is 6.04. The van der Waals surface area contributed by atoms with Gasteiger partial charge in [-0.2, -0.15) is 0 Å². The zero-order chi connectivity index (χ0) is 20.7. The number of pyridine rings is 1. The molecule has 0 atom stereocenters. The third kappa shape index (κ3) is 3.41. The van der Waals surface area contributed by atoms with E-state index in [9.17, 15) is 0 Å². The summed E-state index contributed by atoms with van der Waals surface area (Å²) in [4.78, 5) is 13.9. The van der Waals surface area contributed by atoms with Crippen LogP contribution in [0.4, 0.5) is 5.95 Å². The molecule has 0 aromatic carbocycles. The number of rotatable bonds is 5. The van der Waals surface area contributed by atoms with Crippen LogP contribution in [-0.2, 0) is 11.8 Å². The van der Waals surface area contributed by atoms with Gasteiger partial charge < -0.3 is 14.6 Å². The van der Waals surface area contributed by atoms with E-state index in [2.05, 4.69) is 27.3 Å². The van der Waals surface area contributed by atoms with Crippen LogP contribution in [0.15, 0.2) is 30.6 Å². The minimum Gasteiger partial charge on any atom is -0.379 e. The summed E-state index contributed by atoms with van der Waals surface area (Å²) in [6, 6.07) is 6.46. The SMILES string of the molecule is CCOC1CCC(Nc2ncc3c(-c4ccc5nc(C)n(C)c5n4)ccn3n2)CC1. The maximum absolute atomic E-state index is 5.74. The highest BCUT2D eigenvalue weighted by atomic mass is 16.5. The van der Waals surface area contributed by atoms with Crippen LogP contribution in [0.25, 0.3) is 27.9 Å². The second kappa shape index (κ2) is 7.68. The van der Waals surface area contributed by atoms with E-state index in [0.29, 0.717) is 18.1 Å². The summed E-state index contributed by atoms with van der Waals surface area (Å²) in [7, 11) is 1.99. The molecule has 0 bridgehead atoms. The van der Waals surface area contributed by atoms with Crippen LogP contribution in [0.3, 0.4) is 0 Å². The van der Waals surface area contributed by atoms with Crippen molar-refractivity contribution < 1.29 is 4.74 Å². The smallest absolute Gasteiger partial charge is 0.241 e. The Morgan fingerprint density at radius 2 is 1.97 bits per heavy atom. The molecule has 8 nitrogen and oxygen atoms in total. The van der Waals surface area contributed by atoms with Gasteiger partial charge in [0.25, 0.3) is 0 Å². The highest BCUT2D eigenvalue weighted by molar-refractivity contribution is 5.82. The number of aryl methyl sites for hydroxylation is 2. The molecule has 156 valence electrons. The van der Waals surface area contributed by atoms with Crippen LogP contribution in [0.5, 0.6) is 0 Å². The molecule has 8 heteroatoms. The van der Waals surface area contributed by atoms with Crippen molar-refractivity contribution in [3.8, 4) is 11.3 Å². The van der Waals surface area contributed by atoms with Gasteiger partial charge in [-0.25, -0.2) is 19.5 Å². The van der Waals surface area contributed by atoms with Gasteiger partial charge >= 0.3 is 0 Å². The summed E-state index contributed by atoms with van der Waals surface area (Å²) in [6.45, 7) is 4.84. The van der Waals surface area contributed by atoms with E-state index >= 15 is 0 Å². The molecule has 4 aromatic rings. The molecule has 0 aliphatic heterocycles. The van der Waals surface area contributed by atoms with E-state index in [4.69, 9.17) is 9.72 Å². The largest absolute Gasteiger partial charge is 0.379 e. The number of hydrogen-bond donors (Lipinski definition) is 1. The lowest BCUT2D eigenvalue weighted by atomic mass is 9.93. The molecule has 0 saturated heterocycles. The summed E-state index contributed by atoms with van der Waals surface area (Å²) < 4.78 is 9.63. The Hall–Kier alpha value is -3.00. The van der Waals surface area contributed by atoms with Crippen molar-refractivity contribution in [1.82, 2.24) is 29.1 Å². The van der Waals surface area contributed by atoms with Crippen molar-refractivity contribution >= 4 is 22.6 Å². The second-order valence-electron chi connectivity index (χ2n) is 7.97. The van der Waals surface area contributed by atoms with Crippen molar-refractivity contribution in [3.05, 3.63) is 36.4 Å². The van der Waals surface area contributed by atoms with Crippen molar-refractivity contribution in [2.45, 2.75) is 51.7 Å². The molecular formula is C22H27N7O. The predicted molar refractivity (Wildman–Crippen MR) is 117 cm³/mol. The Morgan fingerprint density at radius 3 is 2.77 bits per heavy atom. The average molecular weight is 406 g/mol. The van der Waals surface area contributed by atoms with Gasteiger partial charge in [0.2, 0.25) is 5.95 Å². The molecule has 0 radical (unpaired) electrons. The van der Waals surface area contributed by atoms with E-state index in [1.54, 1.807) is 0 Å². The fourth-order valence-corrected chi connectivity index (χ4v) is 4.30. The summed E-state index contributed by atoms with van der Waals surface area (Å²) in [5.41, 5.74) is 4.63. The van der Waals surface area contributed by atoms with Gasteiger partial charge in [-0.15, -0.1) is 5.10 Å². The number of aromatic nitrogens is 6. The van der Waals surface area contributed by atoms with Crippen LogP contribution < -0.4 is 5.32 Å². The average Bonchev–Trinajstić information content (AvgIpc) is 3.30. The standard InChI is InChI=1S/C22H27N7O/c1-4-30-16-7-5-15(6-8-16)25-22-23-13-20-17(11-12-29(20)27-22)18-9-10-19-21(26-18)28(3)14(2)24-19/h9-13,15-16H,4-8H2,1-3H3,(H,25,27). The van der Waals surface area contributed by atoms with Gasteiger partial charge in [0.15, 0.2) is 5.65 Å². The van der Waals surface area contributed by atoms with Gasteiger partial charge in [0.05, 0.1) is 23.5 Å². The van der Waals surface area contributed by atoms with Crippen molar-refractivity contribution in [3.63, 3.8) is 0 Å². The number of nitrogens with zero attached hydrogens (tertiary/aromatic N) is 6. The molecule has 1 aliphatic rings. The Bertz CT molecular complexity index is 1190. The summed E-state index contributed by atoms with van der Waals surface area (Å²) in [5, 5.41) is 8.17. The van der Waals surface area contributed by atoms with Gasteiger partial charge in [-0.3, -0.25) is 0 Å². The predicted octanol–water partition coefficient (Wildman–Crippen LogP) is 3.75. The number of imidazole rings is 1. The normalized spacial score (nSPS) is 19.6. The molecule has 0 unspecified atom stereocenters. The van der Waals surface area contributed by atoms with E-state index in [0.717, 1.165) is 66.1 Å². The summed E-state index contributed by atoms with van der Waals surface area (Å²) in [6.07, 6.45) is 8.57. The minimum atomic E-state index is 0.395. The fraction of sp³-hybridized carbons (Fsp3) is 0.455. The number of nitrogens with one attached hydrogen (secondary N) is 1. The molecular weight excluding hydrogens is 378 g/mol. The van der Waals surface area contributed by atoms with Crippen LogP contribution in [0.2, 0.25) is 0 Å². The van der Waals surface area contributed by atoms with E-state index in [-0.39, 0.29) is 0 Å². The molecule has 1 fully saturated rings. The first-order valence-electron chi connectivity index (χ1n) is 10.7. The molecule has 1 saturated carbocycles. The van der Waals surface area contributed by atoms with E-state index in [1.165, 1.54) is 0 Å². The fourth-order valence-electron chi connectivity index (χ4n) is 4.30. The molecule has 1 N–H and O–H groups in total. The zero-order valence-electron chi connectivity index (χ0n) is 17.7. The van der Waals surface area contributed by atoms with Crippen LogP contribution >= 0.6 is 0 Å². The topological polar surface area (TPSA) is 82.2 Å². The van der Waals surface area contributed by atoms with Crippen molar-refractivity contribution in [2.75, 3.05) is 11.9 Å². The first-order chi connectivity index (χ1) is 14.6. The molecule has 4 aromatic heterocycles. The minimum absolute atomic E-state index is 0.395. The summed E-state index contributed by atoms with van der Waals surface area (Å²) >= 11 is 0. The first kappa shape index (κ1) is 19.0. The first-order valence-corrected chi connectivity index (χ1v) is 10.7. The highest BCUT2D eigenvalue weighted by Crippen LogP contribution is 2.27. The maximum atomic E-state index is 5.74. The van der Waals surface area contributed by atoms with Crippen LogP contribution in [-0.4, -0.2) is 47.9 Å².